The predicted octanol–water partition coefficient (Wildman–Crippen LogP) is 13.8. The van der Waals surface area contributed by atoms with E-state index in [-0.39, 0.29) is 5.41 Å². The van der Waals surface area contributed by atoms with Crippen LogP contribution in [-0.4, -0.2) is 9.55 Å². The highest BCUT2D eigenvalue weighted by atomic mass is 15.2. The van der Waals surface area contributed by atoms with Crippen LogP contribution in [0.15, 0.2) is 200 Å². The molecule has 0 saturated carbocycles. The maximum absolute atomic E-state index is 5.17. The Balaban J connectivity index is 1.13. The molecule has 3 heteroatoms. The van der Waals surface area contributed by atoms with Crippen molar-refractivity contribution in [2.75, 3.05) is 4.90 Å². The normalized spacial score (nSPS) is 13.0. The first-order valence-electron chi connectivity index (χ1n) is 19.0. The van der Waals surface area contributed by atoms with Crippen LogP contribution in [0.3, 0.4) is 0 Å². The van der Waals surface area contributed by atoms with Crippen LogP contribution in [0.1, 0.15) is 25.0 Å². The molecule has 262 valence electrons. The minimum Gasteiger partial charge on any atom is -0.310 e. The van der Waals surface area contributed by atoms with E-state index < -0.39 is 0 Å². The van der Waals surface area contributed by atoms with Gasteiger partial charge in [0.2, 0.25) is 0 Å². The molecule has 10 rings (SSSR count). The van der Waals surface area contributed by atoms with Crippen LogP contribution in [0.5, 0.6) is 0 Å². The molecule has 1 aliphatic heterocycles. The molecular formula is C52H39N3. The highest BCUT2D eigenvalue weighted by molar-refractivity contribution is 5.91. The molecule has 55 heavy (non-hydrogen) atoms. The van der Waals surface area contributed by atoms with E-state index in [0.29, 0.717) is 0 Å². The number of benzene rings is 8. The van der Waals surface area contributed by atoms with Crippen molar-refractivity contribution in [2.24, 2.45) is 0 Å². The molecule has 0 amide bonds. The van der Waals surface area contributed by atoms with Crippen LogP contribution in [-0.2, 0) is 5.41 Å². The number of fused-ring (bicyclic) bond motifs is 3. The van der Waals surface area contributed by atoms with Gasteiger partial charge in [0, 0.05) is 22.4 Å². The number of imidazole rings is 1. The topological polar surface area (TPSA) is 21.1 Å². The van der Waals surface area contributed by atoms with Gasteiger partial charge >= 0.3 is 0 Å². The summed E-state index contributed by atoms with van der Waals surface area (Å²) in [5, 5.41) is 0. The first kappa shape index (κ1) is 32.7. The third-order valence-corrected chi connectivity index (χ3v) is 11.1. The van der Waals surface area contributed by atoms with Gasteiger partial charge in [0.15, 0.2) is 0 Å². The van der Waals surface area contributed by atoms with E-state index in [1.807, 2.05) is 0 Å². The fourth-order valence-electron chi connectivity index (χ4n) is 8.39. The second-order valence-electron chi connectivity index (χ2n) is 14.9. The molecule has 0 bridgehead atoms. The molecule has 0 fully saturated rings. The zero-order valence-corrected chi connectivity index (χ0v) is 30.9. The average Bonchev–Trinajstić information content (AvgIpc) is 3.65. The van der Waals surface area contributed by atoms with Crippen molar-refractivity contribution in [3.63, 3.8) is 0 Å². The Bertz CT molecular complexity index is 2780. The van der Waals surface area contributed by atoms with Gasteiger partial charge in [0.25, 0.3) is 0 Å². The molecule has 1 aliphatic rings. The number of para-hydroxylation sites is 4. The molecule has 3 nitrogen and oxygen atoms in total. The van der Waals surface area contributed by atoms with Crippen molar-refractivity contribution < 1.29 is 0 Å². The minimum atomic E-state index is -0.239. The van der Waals surface area contributed by atoms with E-state index in [2.05, 4.69) is 224 Å². The molecule has 0 atom stereocenters. The Morgan fingerprint density at radius 1 is 0.382 bits per heavy atom. The van der Waals surface area contributed by atoms with Gasteiger partial charge in [-0.3, -0.25) is 4.57 Å². The molecule has 0 unspecified atom stereocenters. The third-order valence-electron chi connectivity index (χ3n) is 11.1. The van der Waals surface area contributed by atoms with Crippen molar-refractivity contribution in [2.45, 2.75) is 19.3 Å². The summed E-state index contributed by atoms with van der Waals surface area (Å²) in [5.41, 5.74) is 17.2. The Hall–Kier alpha value is -6.97. The minimum absolute atomic E-state index is 0.239. The Labute approximate surface area is 322 Å². The van der Waals surface area contributed by atoms with E-state index in [4.69, 9.17) is 4.98 Å². The number of hydrogen-bond acceptors (Lipinski definition) is 2. The molecule has 9 aromatic rings. The van der Waals surface area contributed by atoms with Gasteiger partial charge in [0.05, 0.1) is 22.4 Å². The van der Waals surface area contributed by atoms with Gasteiger partial charge < -0.3 is 4.90 Å². The first-order valence-corrected chi connectivity index (χ1v) is 19.0. The molecule has 0 spiro atoms. The van der Waals surface area contributed by atoms with Crippen LogP contribution in [0, 0.1) is 0 Å². The molecule has 0 aliphatic carbocycles. The smallest absolute Gasteiger partial charge is 0.145 e. The molecule has 0 saturated heterocycles. The zero-order chi connectivity index (χ0) is 36.9. The number of nitrogens with zero attached hydrogens (tertiary/aromatic N) is 3. The Morgan fingerprint density at radius 2 is 0.927 bits per heavy atom. The van der Waals surface area contributed by atoms with Crippen molar-refractivity contribution in [3.8, 4) is 50.5 Å². The maximum atomic E-state index is 5.17. The van der Waals surface area contributed by atoms with Gasteiger partial charge in [-0.05, 0) is 111 Å². The summed E-state index contributed by atoms with van der Waals surface area (Å²) >= 11 is 0. The predicted molar refractivity (Wildman–Crippen MR) is 230 cm³/mol. The zero-order valence-electron chi connectivity index (χ0n) is 30.9. The molecular weight excluding hydrogens is 667 g/mol. The summed E-state index contributed by atoms with van der Waals surface area (Å²) in [6.45, 7) is 4.72. The number of anilines is 3. The lowest BCUT2D eigenvalue weighted by Crippen LogP contribution is -2.30. The molecule has 8 aromatic carbocycles. The molecule has 1 aromatic heterocycles. The van der Waals surface area contributed by atoms with Crippen molar-refractivity contribution in [1.29, 1.82) is 0 Å². The van der Waals surface area contributed by atoms with Gasteiger partial charge in [-0.15, -0.1) is 0 Å². The highest BCUT2D eigenvalue weighted by Gasteiger charge is 2.37. The summed E-state index contributed by atoms with van der Waals surface area (Å²) in [4.78, 5) is 7.64. The summed E-state index contributed by atoms with van der Waals surface area (Å²) < 4.78 is 2.27. The van der Waals surface area contributed by atoms with Gasteiger partial charge in [0.1, 0.15) is 5.82 Å². The lowest BCUT2D eigenvalue weighted by molar-refractivity contribution is 0.632. The van der Waals surface area contributed by atoms with Gasteiger partial charge in [-0.1, -0.05) is 147 Å². The quantitative estimate of drug-likeness (QED) is 0.172. The van der Waals surface area contributed by atoms with Gasteiger partial charge in [-0.2, -0.15) is 0 Å². The van der Waals surface area contributed by atoms with E-state index in [0.717, 1.165) is 39.4 Å². The van der Waals surface area contributed by atoms with E-state index in [1.165, 1.54) is 50.3 Å². The molecule has 0 N–H and O–H groups in total. The van der Waals surface area contributed by atoms with Crippen LogP contribution in [0.25, 0.3) is 61.5 Å². The van der Waals surface area contributed by atoms with E-state index in [9.17, 15) is 0 Å². The monoisotopic (exact) mass is 705 g/mol. The lowest BCUT2D eigenvalue weighted by atomic mass is 9.73. The summed E-state index contributed by atoms with van der Waals surface area (Å²) in [7, 11) is 0. The molecule has 2 heterocycles. The first-order chi connectivity index (χ1) is 27.0. The number of aromatic nitrogens is 2. The highest BCUT2D eigenvalue weighted by Crippen LogP contribution is 2.53. The van der Waals surface area contributed by atoms with Crippen LogP contribution in [0.2, 0.25) is 0 Å². The number of hydrogen-bond donors (Lipinski definition) is 0. The fraction of sp³-hybridized carbons (Fsp3) is 0.0577. The second kappa shape index (κ2) is 13.2. The van der Waals surface area contributed by atoms with Crippen LogP contribution < -0.4 is 4.90 Å². The molecule has 0 radical (unpaired) electrons. The van der Waals surface area contributed by atoms with Crippen LogP contribution in [0.4, 0.5) is 17.1 Å². The lowest BCUT2D eigenvalue weighted by Gasteiger charge is -2.42. The Morgan fingerprint density at radius 3 is 1.65 bits per heavy atom. The van der Waals surface area contributed by atoms with Crippen molar-refractivity contribution in [3.05, 3.63) is 211 Å². The third kappa shape index (κ3) is 5.64. The SMILES string of the molecule is CC1(C)c2ccccc2N(c2cc(-c3ccccc3)cc(-c3ccccc3)c2)c2ccc(-c3cccc(-c4nc5ccccc5n4-c4ccccc4)c3)cc21. The maximum Gasteiger partial charge on any atom is 0.145 e. The standard InChI is InChI=1S/C52H39N3/c1-52(2)45-25-12-14-27-48(45)54(44-33-41(36-17-6-3-7-18-36)32-42(34-44)37-19-8-4-9-20-37)49-30-29-39(35-46(49)52)38-21-16-22-40(31-38)51-53-47-26-13-15-28-50(47)55(51)43-23-10-5-11-24-43/h3-35H,1-2H3. The van der Waals surface area contributed by atoms with E-state index in [1.54, 1.807) is 0 Å². The summed E-state index contributed by atoms with van der Waals surface area (Å²) in [5.74, 6) is 0.931. The van der Waals surface area contributed by atoms with Crippen LogP contribution >= 0.6 is 0 Å². The van der Waals surface area contributed by atoms with Crippen molar-refractivity contribution in [1.82, 2.24) is 9.55 Å². The fourth-order valence-corrected chi connectivity index (χ4v) is 8.39. The number of rotatable bonds is 6. The van der Waals surface area contributed by atoms with Gasteiger partial charge in [-0.25, -0.2) is 4.98 Å². The average molecular weight is 706 g/mol. The second-order valence-corrected chi connectivity index (χ2v) is 14.9. The van der Waals surface area contributed by atoms with Crippen molar-refractivity contribution >= 4 is 28.1 Å². The van der Waals surface area contributed by atoms with E-state index >= 15 is 0 Å². The summed E-state index contributed by atoms with van der Waals surface area (Å²) in [6.07, 6.45) is 0. The summed E-state index contributed by atoms with van der Waals surface area (Å²) in [6, 6.07) is 72.1. The Kier molecular flexibility index (Phi) is 7.81. The largest absolute Gasteiger partial charge is 0.310 e.